The third-order valence-corrected chi connectivity index (χ3v) is 4.98. The quantitative estimate of drug-likeness (QED) is 0.640. The van der Waals surface area contributed by atoms with Crippen LogP contribution in [0.3, 0.4) is 0 Å². The van der Waals surface area contributed by atoms with Crippen molar-refractivity contribution in [1.29, 1.82) is 0 Å². The number of Topliss-reactive ketones (excluding diaryl/α,β-unsaturated/α-hetero) is 1. The number of nitrogens with two attached hydrogens (primary N) is 1. The first-order chi connectivity index (χ1) is 10.6. The summed E-state index contributed by atoms with van der Waals surface area (Å²) in [5.74, 6) is 1.07. The van der Waals surface area contributed by atoms with Gasteiger partial charge in [-0.25, -0.2) is 4.98 Å². The molecule has 6 nitrogen and oxygen atoms in total. The van der Waals surface area contributed by atoms with Gasteiger partial charge in [0.25, 0.3) is 0 Å². The molecule has 0 atom stereocenters. The number of carbonyl (C=O) groups excluding carboxylic acids is 2. The second kappa shape index (κ2) is 6.37. The molecule has 0 saturated heterocycles. The Morgan fingerprint density at radius 1 is 1.32 bits per heavy atom. The van der Waals surface area contributed by atoms with Crippen LogP contribution in [0, 0.1) is 0 Å². The van der Waals surface area contributed by atoms with Crippen LogP contribution in [0.1, 0.15) is 16.1 Å². The predicted octanol–water partition coefficient (Wildman–Crippen LogP) is 1.87. The maximum Gasteiger partial charge on any atom is 0.231 e. The molecule has 0 bridgehead atoms. The molecule has 2 N–H and O–H groups in total. The molecule has 22 heavy (non-hydrogen) atoms. The van der Waals surface area contributed by atoms with Crippen molar-refractivity contribution < 1.29 is 19.1 Å². The maximum absolute atomic E-state index is 12.2. The van der Waals surface area contributed by atoms with Crippen LogP contribution in [-0.4, -0.2) is 29.2 Å². The van der Waals surface area contributed by atoms with E-state index in [0.717, 1.165) is 4.34 Å². The number of fused-ring (bicyclic) bond motifs is 1. The van der Waals surface area contributed by atoms with E-state index in [4.69, 9.17) is 15.2 Å². The van der Waals surface area contributed by atoms with Gasteiger partial charge in [0.05, 0.1) is 17.9 Å². The van der Waals surface area contributed by atoms with Crippen LogP contribution in [-0.2, 0) is 11.2 Å². The van der Waals surface area contributed by atoms with Crippen molar-refractivity contribution in [2.24, 2.45) is 5.73 Å². The second-order valence-corrected chi connectivity index (χ2v) is 6.61. The number of rotatable bonds is 6. The maximum atomic E-state index is 12.2. The zero-order valence-corrected chi connectivity index (χ0v) is 13.0. The van der Waals surface area contributed by atoms with Gasteiger partial charge < -0.3 is 15.2 Å². The summed E-state index contributed by atoms with van der Waals surface area (Å²) < 4.78 is 11.2. The molecule has 2 heterocycles. The van der Waals surface area contributed by atoms with E-state index in [1.165, 1.54) is 23.1 Å². The van der Waals surface area contributed by atoms with E-state index in [9.17, 15) is 9.59 Å². The highest BCUT2D eigenvalue weighted by Crippen LogP contribution is 2.33. The SMILES string of the molecule is NC(=O)Cc1csc(SCC(=O)c2ccc3c(c2)OCO3)n1. The van der Waals surface area contributed by atoms with Gasteiger partial charge in [-0.3, -0.25) is 9.59 Å². The number of thiazole rings is 1. The highest BCUT2D eigenvalue weighted by molar-refractivity contribution is 8.01. The van der Waals surface area contributed by atoms with Crippen molar-refractivity contribution in [1.82, 2.24) is 4.98 Å². The van der Waals surface area contributed by atoms with Gasteiger partial charge in [-0.2, -0.15) is 0 Å². The highest BCUT2D eigenvalue weighted by Gasteiger charge is 2.16. The number of nitrogens with zero attached hydrogens (tertiary/aromatic N) is 1. The molecular weight excluding hydrogens is 324 g/mol. The minimum atomic E-state index is -0.418. The van der Waals surface area contributed by atoms with Crippen LogP contribution < -0.4 is 15.2 Å². The average Bonchev–Trinajstić information content (AvgIpc) is 3.12. The third-order valence-electron chi connectivity index (χ3n) is 2.91. The molecule has 1 aliphatic heterocycles. The molecule has 2 aromatic rings. The fraction of sp³-hybridized carbons (Fsp3) is 0.214. The third kappa shape index (κ3) is 3.40. The molecule has 8 heteroatoms. The summed E-state index contributed by atoms with van der Waals surface area (Å²) in [6, 6.07) is 5.14. The second-order valence-electron chi connectivity index (χ2n) is 4.53. The Morgan fingerprint density at radius 2 is 2.14 bits per heavy atom. The fourth-order valence-electron chi connectivity index (χ4n) is 1.89. The first kappa shape index (κ1) is 14.9. The van der Waals surface area contributed by atoms with Crippen molar-refractivity contribution in [3.63, 3.8) is 0 Å². The van der Waals surface area contributed by atoms with E-state index in [0.29, 0.717) is 22.8 Å². The van der Waals surface area contributed by atoms with E-state index < -0.39 is 5.91 Å². The summed E-state index contributed by atoms with van der Waals surface area (Å²) in [6.45, 7) is 0.184. The molecule has 1 aromatic heterocycles. The summed E-state index contributed by atoms with van der Waals surface area (Å²) >= 11 is 2.73. The standard InChI is InChI=1S/C14H12N2O4S2/c15-13(18)4-9-5-21-14(16-9)22-6-10(17)8-1-2-11-12(3-8)20-7-19-11/h1-3,5H,4,6-7H2,(H2,15,18). The topological polar surface area (TPSA) is 91.5 Å². The Kier molecular flexibility index (Phi) is 4.30. The lowest BCUT2D eigenvalue weighted by Gasteiger charge is -2.01. The zero-order valence-electron chi connectivity index (χ0n) is 11.4. The predicted molar refractivity (Wildman–Crippen MR) is 82.6 cm³/mol. The Balaban J connectivity index is 1.60. The summed E-state index contributed by atoms with van der Waals surface area (Å²) in [5, 5.41) is 1.78. The van der Waals surface area contributed by atoms with E-state index in [-0.39, 0.29) is 24.7 Å². The summed E-state index contributed by atoms with van der Waals surface area (Å²) in [4.78, 5) is 27.3. The molecule has 1 amide bonds. The van der Waals surface area contributed by atoms with Crippen LogP contribution in [0.15, 0.2) is 27.9 Å². The number of amides is 1. The van der Waals surface area contributed by atoms with Gasteiger partial charge >= 0.3 is 0 Å². The number of thioether (sulfide) groups is 1. The molecule has 3 rings (SSSR count). The van der Waals surface area contributed by atoms with Crippen molar-refractivity contribution >= 4 is 34.8 Å². The lowest BCUT2D eigenvalue weighted by molar-refractivity contribution is -0.117. The van der Waals surface area contributed by atoms with E-state index >= 15 is 0 Å². The minimum absolute atomic E-state index is 0.0186. The molecule has 0 spiro atoms. The van der Waals surface area contributed by atoms with Gasteiger partial charge in [-0.1, -0.05) is 11.8 Å². The van der Waals surface area contributed by atoms with Crippen molar-refractivity contribution in [3.8, 4) is 11.5 Å². The lowest BCUT2D eigenvalue weighted by Crippen LogP contribution is -2.13. The van der Waals surface area contributed by atoms with Gasteiger partial charge in [-0.05, 0) is 18.2 Å². The van der Waals surface area contributed by atoms with Gasteiger partial charge in [-0.15, -0.1) is 11.3 Å². The Hall–Kier alpha value is -2.06. The fourth-order valence-corrected chi connectivity index (χ4v) is 3.63. The van der Waals surface area contributed by atoms with E-state index in [1.54, 1.807) is 23.6 Å². The van der Waals surface area contributed by atoms with E-state index in [2.05, 4.69) is 4.98 Å². The van der Waals surface area contributed by atoms with Crippen molar-refractivity contribution in [2.45, 2.75) is 10.8 Å². The number of hydrogen-bond donors (Lipinski definition) is 1. The van der Waals surface area contributed by atoms with Crippen LogP contribution in [0.2, 0.25) is 0 Å². The molecule has 0 unspecified atom stereocenters. The molecule has 1 aromatic carbocycles. The summed E-state index contributed by atoms with van der Waals surface area (Å²) in [6.07, 6.45) is 0.118. The first-order valence-corrected chi connectivity index (χ1v) is 8.26. The van der Waals surface area contributed by atoms with Crippen LogP contribution >= 0.6 is 23.1 Å². The number of ether oxygens (including phenoxy) is 2. The smallest absolute Gasteiger partial charge is 0.231 e. The first-order valence-electron chi connectivity index (χ1n) is 6.40. The Labute approximate surface area is 134 Å². The number of benzene rings is 1. The molecule has 0 aliphatic carbocycles. The molecule has 1 aliphatic rings. The van der Waals surface area contributed by atoms with Crippen LogP contribution in [0.5, 0.6) is 11.5 Å². The van der Waals surface area contributed by atoms with Gasteiger partial charge in [0.15, 0.2) is 21.6 Å². The summed E-state index contributed by atoms with van der Waals surface area (Å²) in [5.41, 5.74) is 6.33. The highest BCUT2D eigenvalue weighted by atomic mass is 32.2. The Bertz CT molecular complexity index is 729. The van der Waals surface area contributed by atoms with Crippen molar-refractivity contribution in [3.05, 3.63) is 34.8 Å². The number of ketones is 1. The Morgan fingerprint density at radius 3 is 2.95 bits per heavy atom. The van der Waals surface area contributed by atoms with Gasteiger partial charge in [0, 0.05) is 10.9 Å². The molecule has 0 radical (unpaired) electrons. The number of aromatic nitrogens is 1. The monoisotopic (exact) mass is 336 g/mol. The minimum Gasteiger partial charge on any atom is -0.454 e. The summed E-state index contributed by atoms with van der Waals surface area (Å²) in [7, 11) is 0. The molecule has 114 valence electrons. The number of carbonyl (C=O) groups is 2. The van der Waals surface area contributed by atoms with Crippen LogP contribution in [0.4, 0.5) is 0 Å². The number of primary amides is 1. The van der Waals surface area contributed by atoms with Gasteiger partial charge in [0.2, 0.25) is 12.7 Å². The number of hydrogen-bond acceptors (Lipinski definition) is 7. The lowest BCUT2D eigenvalue weighted by atomic mass is 10.1. The van der Waals surface area contributed by atoms with Gasteiger partial charge in [0.1, 0.15) is 0 Å². The molecule has 0 fully saturated rings. The largest absolute Gasteiger partial charge is 0.454 e. The average molecular weight is 336 g/mol. The molecular formula is C14H12N2O4S2. The van der Waals surface area contributed by atoms with Crippen molar-refractivity contribution in [2.75, 3.05) is 12.5 Å². The normalized spacial score (nSPS) is 12.4. The van der Waals surface area contributed by atoms with E-state index in [1.807, 2.05) is 0 Å². The zero-order chi connectivity index (χ0) is 15.5. The van der Waals surface area contributed by atoms with Crippen LogP contribution in [0.25, 0.3) is 0 Å². The molecule has 0 saturated carbocycles.